The number of nitrogens with one attached hydrogen (secondary N) is 1. The quantitative estimate of drug-likeness (QED) is 0.578. The van der Waals surface area contributed by atoms with Gasteiger partial charge in [-0.25, -0.2) is 0 Å². The molecule has 0 aliphatic heterocycles. The van der Waals surface area contributed by atoms with Gasteiger partial charge in [-0.2, -0.15) is 0 Å². The van der Waals surface area contributed by atoms with Gasteiger partial charge in [0, 0.05) is 10.0 Å². The maximum absolute atomic E-state index is 6.08. The van der Waals surface area contributed by atoms with Crippen molar-refractivity contribution in [2.45, 2.75) is 0 Å². The zero-order chi connectivity index (χ0) is 14.2. The van der Waals surface area contributed by atoms with Gasteiger partial charge in [-0.05, 0) is 24.3 Å². The maximum Gasteiger partial charge on any atom is 0.0764 e. The molecule has 0 bridgehead atoms. The van der Waals surface area contributed by atoms with Crippen molar-refractivity contribution in [1.82, 2.24) is 0 Å². The van der Waals surface area contributed by atoms with Crippen molar-refractivity contribution in [3.63, 3.8) is 0 Å². The molecule has 2 aromatic carbocycles. The molecule has 100 valence electrons. The zero-order valence-corrected chi connectivity index (χ0v) is 13.6. The molecule has 0 amide bonds. The Morgan fingerprint density at radius 3 is 1.05 bits per heavy atom. The van der Waals surface area contributed by atoms with Crippen LogP contribution in [0.3, 0.4) is 0 Å². The molecule has 0 radical (unpaired) electrons. The Morgan fingerprint density at radius 2 is 0.789 bits per heavy atom. The van der Waals surface area contributed by atoms with Crippen molar-refractivity contribution in [2.24, 2.45) is 0 Å². The van der Waals surface area contributed by atoms with E-state index in [1.165, 1.54) is 0 Å². The van der Waals surface area contributed by atoms with Crippen molar-refractivity contribution in [3.05, 3.63) is 54.4 Å². The van der Waals surface area contributed by atoms with Gasteiger partial charge in [0.15, 0.2) is 0 Å². The third-order valence-corrected chi connectivity index (χ3v) is 3.89. The van der Waals surface area contributed by atoms with Crippen molar-refractivity contribution in [3.8, 4) is 0 Å². The zero-order valence-electron chi connectivity index (χ0n) is 9.08. The molecular weight excluding hydrogens is 371 g/mol. The largest absolute Gasteiger partial charge is 0.351 e. The summed E-state index contributed by atoms with van der Waals surface area (Å²) in [4.78, 5) is 0. The molecule has 19 heavy (non-hydrogen) atoms. The molecule has 1 nitrogen and oxygen atoms in total. The topological polar surface area (TPSA) is 12.0 Å². The van der Waals surface area contributed by atoms with Crippen LogP contribution in [0.25, 0.3) is 0 Å². The lowest BCUT2D eigenvalue weighted by Crippen LogP contribution is -1.94. The van der Waals surface area contributed by atoms with E-state index in [-0.39, 0.29) is 0 Å². The van der Waals surface area contributed by atoms with Gasteiger partial charge < -0.3 is 5.32 Å². The fourth-order valence-electron chi connectivity index (χ4n) is 1.45. The van der Waals surface area contributed by atoms with Crippen molar-refractivity contribution >= 4 is 81.0 Å². The van der Waals surface area contributed by atoms with Crippen molar-refractivity contribution < 1.29 is 0 Å². The van der Waals surface area contributed by atoms with Crippen LogP contribution in [0.5, 0.6) is 0 Å². The van der Waals surface area contributed by atoms with E-state index >= 15 is 0 Å². The first-order chi connectivity index (χ1) is 8.88. The Morgan fingerprint density at radius 1 is 0.526 bits per heavy atom. The van der Waals surface area contributed by atoms with Gasteiger partial charge in [0.25, 0.3) is 0 Å². The molecule has 2 aromatic rings. The summed E-state index contributed by atoms with van der Waals surface area (Å²) in [6.07, 6.45) is 0. The summed E-state index contributed by atoms with van der Waals surface area (Å²) in [5.74, 6) is 0. The summed E-state index contributed by atoms with van der Waals surface area (Å²) >= 11 is 36.0. The molecule has 0 spiro atoms. The Kier molecular flexibility index (Phi) is 4.99. The third kappa shape index (κ3) is 3.55. The summed E-state index contributed by atoms with van der Waals surface area (Å²) in [5, 5.41) is 5.31. The lowest BCUT2D eigenvalue weighted by Gasteiger charge is -2.14. The van der Waals surface area contributed by atoms with Gasteiger partial charge in [-0.15, -0.1) is 0 Å². The van der Waals surface area contributed by atoms with Crippen molar-refractivity contribution in [1.29, 1.82) is 0 Å². The average molecular weight is 376 g/mol. The molecule has 7 heteroatoms. The summed E-state index contributed by atoms with van der Waals surface area (Å²) in [6, 6.07) is 6.26. The van der Waals surface area contributed by atoms with E-state index < -0.39 is 0 Å². The Labute approximate surface area is 140 Å². The molecular formula is C12H5Cl6N. The van der Waals surface area contributed by atoms with Crippen LogP contribution < -0.4 is 5.32 Å². The molecule has 0 aliphatic rings. The molecule has 0 unspecified atom stereocenters. The second-order valence-corrected chi connectivity index (χ2v) is 6.12. The highest BCUT2D eigenvalue weighted by Crippen LogP contribution is 2.40. The molecule has 1 N–H and O–H groups in total. The summed E-state index contributed by atoms with van der Waals surface area (Å²) in [7, 11) is 0. The van der Waals surface area contributed by atoms with Gasteiger partial charge in [0.1, 0.15) is 0 Å². The Hall–Kier alpha value is -0.0200. The predicted molar refractivity (Wildman–Crippen MR) is 86.2 cm³/mol. The fourth-order valence-corrected chi connectivity index (χ4v) is 3.27. The molecule has 0 atom stereocenters. The maximum atomic E-state index is 6.08. The van der Waals surface area contributed by atoms with E-state index in [4.69, 9.17) is 69.6 Å². The normalized spacial score (nSPS) is 10.6. The number of halogens is 6. The third-order valence-electron chi connectivity index (χ3n) is 2.26. The minimum Gasteiger partial charge on any atom is -0.351 e. The van der Waals surface area contributed by atoms with Gasteiger partial charge in [-0.3, -0.25) is 0 Å². The number of rotatable bonds is 2. The van der Waals surface area contributed by atoms with Gasteiger partial charge in [0.2, 0.25) is 0 Å². The number of hydrogen-bond acceptors (Lipinski definition) is 1. The second-order valence-electron chi connectivity index (χ2n) is 3.61. The van der Waals surface area contributed by atoms with Gasteiger partial charge in [-0.1, -0.05) is 69.6 Å². The molecule has 0 fully saturated rings. The highest BCUT2D eigenvalue weighted by atomic mass is 35.5. The predicted octanol–water partition coefficient (Wildman–Crippen LogP) is 7.35. The highest BCUT2D eigenvalue weighted by molar-refractivity contribution is 6.44. The first-order valence-electron chi connectivity index (χ1n) is 4.94. The smallest absolute Gasteiger partial charge is 0.0764 e. The van der Waals surface area contributed by atoms with Crippen LogP contribution in [0.4, 0.5) is 11.4 Å². The van der Waals surface area contributed by atoms with Crippen LogP contribution in [0.2, 0.25) is 30.1 Å². The van der Waals surface area contributed by atoms with Gasteiger partial charge in [0.05, 0.1) is 31.5 Å². The van der Waals surface area contributed by atoms with E-state index in [9.17, 15) is 0 Å². The van der Waals surface area contributed by atoms with Crippen LogP contribution in [-0.2, 0) is 0 Å². The highest BCUT2D eigenvalue weighted by Gasteiger charge is 2.13. The Bertz CT molecular complexity index is 539. The van der Waals surface area contributed by atoms with Gasteiger partial charge >= 0.3 is 0 Å². The molecule has 0 aromatic heterocycles. The van der Waals surface area contributed by atoms with E-state index in [0.29, 0.717) is 41.5 Å². The standard InChI is InChI=1S/C12H5Cl6N/c13-5-1-7(15)11(8(16)2-5)19-12-9(17)3-6(14)4-10(12)18/h1-4,19H. The summed E-state index contributed by atoms with van der Waals surface area (Å²) < 4.78 is 0. The van der Waals surface area contributed by atoms with Crippen LogP contribution in [-0.4, -0.2) is 0 Å². The molecule has 0 aliphatic carbocycles. The lowest BCUT2D eigenvalue weighted by molar-refractivity contribution is 1.55. The summed E-state index contributed by atoms with van der Waals surface area (Å²) in [6.45, 7) is 0. The average Bonchev–Trinajstić information content (AvgIpc) is 2.25. The van der Waals surface area contributed by atoms with Crippen LogP contribution in [0, 0.1) is 0 Å². The van der Waals surface area contributed by atoms with Crippen LogP contribution in [0.15, 0.2) is 24.3 Å². The van der Waals surface area contributed by atoms with Crippen LogP contribution in [0.1, 0.15) is 0 Å². The lowest BCUT2D eigenvalue weighted by atomic mass is 10.2. The molecule has 0 saturated heterocycles. The number of hydrogen-bond donors (Lipinski definition) is 1. The van der Waals surface area contributed by atoms with E-state index in [2.05, 4.69) is 5.32 Å². The van der Waals surface area contributed by atoms with E-state index in [0.717, 1.165) is 0 Å². The monoisotopic (exact) mass is 373 g/mol. The first kappa shape index (κ1) is 15.4. The van der Waals surface area contributed by atoms with E-state index in [1.54, 1.807) is 24.3 Å². The number of benzene rings is 2. The fraction of sp³-hybridized carbons (Fsp3) is 0. The SMILES string of the molecule is Clc1cc(Cl)c(Nc2c(Cl)cc(Cl)cc2Cl)c(Cl)c1. The molecule has 2 rings (SSSR count). The number of anilines is 2. The second kappa shape index (κ2) is 6.17. The van der Waals surface area contributed by atoms with E-state index in [1.807, 2.05) is 0 Å². The summed E-state index contributed by atoms with van der Waals surface area (Å²) in [5.41, 5.74) is 0.942. The Balaban J connectivity index is 2.48. The minimum atomic E-state index is 0.361. The minimum absolute atomic E-state index is 0.361. The first-order valence-corrected chi connectivity index (χ1v) is 7.21. The van der Waals surface area contributed by atoms with Crippen molar-refractivity contribution in [2.75, 3.05) is 5.32 Å². The van der Waals surface area contributed by atoms with Crippen LogP contribution >= 0.6 is 69.6 Å². The molecule has 0 heterocycles. The molecule has 0 saturated carbocycles.